The minimum atomic E-state index is -3.68. The van der Waals surface area contributed by atoms with E-state index in [1.807, 2.05) is 19.1 Å². The highest BCUT2D eigenvalue weighted by Crippen LogP contribution is 2.28. The summed E-state index contributed by atoms with van der Waals surface area (Å²) in [7, 11) is -3.68. The Labute approximate surface area is 145 Å². The van der Waals surface area contributed by atoms with Gasteiger partial charge in [-0.05, 0) is 69.3 Å². The summed E-state index contributed by atoms with van der Waals surface area (Å²) in [4.78, 5) is 0.0916. The van der Waals surface area contributed by atoms with Crippen molar-refractivity contribution in [3.05, 3.63) is 44.3 Å². The number of furan rings is 1. The number of nitrogens with one attached hydrogen (secondary N) is 2. The number of hydrogen-bond donors (Lipinski definition) is 2. The minimum Gasteiger partial charge on any atom is -0.451 e. The highest BCUT2D eigenvalue weighted by molar-refractivity contribution is 14.1. The molecule has 8 heteroatoms. The van der Waals surface area contributed by atoms with E-state index in [1.54, 1.807) is 12.1 Å². The molecule has 114 valence electrons. The van der Waals surface area contributed by atoms with Crippen LogP contribution in [0, 0.1) is 3.57 Å². The van der Waals surface area contributed by atoms with Crippen molar-refractivity contribution < 1.29 is 12.8 Å². The number of rotatable bonds is 6. The molecule has 1 aromatic heterocycles. The fourth-order valence-corrected chi connectivity index (χ4v) is 4.06. The molecule has 0 bridgehead atoms. The molecule has 1 aromatic carbocycles. The molecule has 1 heterocycles. The van der Waals surface area contributed by atoms with Gasteiger partial charge in [-0.3, -0.25) is 4.72 Å². The van der Waals surface area contributed by atoms with Crippen LogP contribution in [0.3, 0.4) is 0 Å². The number of anilines is 1. The zero-order valence-corrected chi connectivity index (χ0v) is 15.7. The van der Waals surface area contributed by atoms with E-state index in [1.165, 1.54) is 6.07 Å². The van der Waals surface area contributed by atoms with Crippen LogP contribution in [0.15, 0.2) is 44.3 Å². The first-order chi connectivity index (χ1) is 9.92. The largest absolute Gasteiger partial charge is 0.451 e. The Balaban J connectivity index is 2.22. The zero-order valence-electron chi connectivity index (χ0n) is 11.2. The second-order valence-electron chi connectivity index (χ2n) is 4.24. The van der Waals surface area contributed by atoms with E-state index in [-0.39, 0.29) is 9.56 Å². The molecule has 0 saturated heterocycles. The summed E-state index contributed by atoms with van der Waals surface area (Å²) in [5.74, 6) is 0.562. The highest BCUT2D eigenvalue weighted by atomic mass is 127. The van der Waals surface area contributed by atoms with E-state index >= 15 is 0 Å². The fraction of sp³-hybridized carbons (Fsp3) is 0.231. The van der Waals surface area contributed by atoms with Crippen molar-refractivity contribution in [1.82, 2.24) is 5.32 Å². The Bertz CT molecular complexity index is 714. The van der Waals surface area contributed by atoms with Crippen LogP contribution in [0.4, 0.5) is 5.69 Å². The molecule has 21 heavy (non-hydrogen) atoms. The topological polar surface area (TPSA) is 71.3 Å². The third-order valence-electron chi connectivity index (χ3n) is 2.64. The van der Waals surface area contributed by atoms with Crippen molar-refractivity contribution >= 4 is 54.2 Å². The van der Waals surface area contributed by atoms with Gasteiger partial charge >= 0.3 is 0 Å². The standard InChI is InChI=1S/C13H14BrIN2O3S/c1-2-16-8-11-7-12(13(14)20-11)21(18,19)17-10-5-3-9(15)4-6-10/h3-7,16-17H,2,8H2,1H3. The van der Waals surface area contributed by atoms with Crippen LogP contribution >= 0.6 is 38.5 Å². The van der Waals surface area contributed by atoms with Crippen molar-refractivity contribution in [2.75, 3.05) is 11.3 Å². The summed E-state index contributed by atoms with van der Waals surface area (Å²) in [6.07, 6.45) is 0. The maximum absolute atomic E-state index is 12.4. The lowest BCUT2D eigenvalue weighted by Gasteiger charge is -2.06. The predicted molar refractivity (Wildman–Crippen MR) is 93.8 cm³/mol. The van der Waals surface area contributed by atoms with Crippen molar-refractivity contribution in [3.63, 3.8) is 0 Å². The average molecular weight is 485 g/mol. The van der Waals surface area contributed by atoms with E-state index < -0.39 is 10.0 Å². The van der Waals surface area contributed by atoms with E-state index in [0.29, 0.717) is 18.0 Å². The molecule has 0 aliphatic rings. The Morgan fingerprint density at radius 1 is 1.29 bits per heavy atom. The van der Waals surface area contributed by atoms with Gasteiger partial charge in [0.05, 0.1) is 6.54 Å². The first kappa shape index (κ1) is 16.8. The molecular weight excluding hydrogens is 471 g/mol. The van der Waals surface area contributed by atoms with Crippen LogP contribution in [-0.2, 0) is 16.6 Å². The molecule has 2 aromatic rings. The number of halogens is 2. The fourth-order valence-electron chi connectivity index (χ4n) is 1.64. The van der Waals surface area contributed by atoms with Crippen molar-refractivity contribution in [3.8, 4) is 0 Å². The second kappa shape index (κ2) is 7.12. The summed E-state index contributed by atoms with van der Waals surface area (Å²) in [5.41, 5.74) is 0.511. The van der Waals surface area contributed by atoms with Crippen molar-refractivity contribution in [1.29, 1.82) is 0 Å². The molecule has 5 nitrogen and oxygen atoms in total. The molecule has 0 aliphatic carbocycles. The monoisotopic (exact) mass is 484 g/mol. The second-order valence-corrected chi connectivity index (χ2v) is 7.86. The SMILES string of the molecule is CCNCc1cc(S(=O)(=O)Nc2ccc(I)cc2)c(Br)o1. The van der Waals surface area contributed by atoms with Gasteiger partial charge in [0, 0.05) is 15.3 Å². The summed E-state index contributed by atoms with van der Waals surface area (Å²) in [5, 5.41) is 3.08. The van der Waals surface area contributed by atoms with Crippen LogP contribution in [0.5, 0.6) is 0 Å². The van der Waals surface area contributed by atoms with Gasteiger partial charge in [-0.1, -0.05) is 6.92 Å². The Morgan fingerprint density at radius 3 is 2.57 bits per heavy atom. The summed E-state index contributed by atoms with van der Waals surface area (Å²) >= 11 is 5.32. The van der Waals surface area contributed by atoms with Gasteiger partial charge in [0.1, 0.15) is 10.7 Å². The van der Waals surface area contributed by atoms with Crippen LogP contribution in [0.1, 0.15) is 12.7 Å². The van der Waals surface area contributed by atoms with Gasteiger partial charge in [-0.15, -0.1) is 0 Å². The average Bonchev–Trinajstić information content (AvgIpc) is 2.81. The number of sulfonamides is 1. The maximum Gasteiger partial charge on any atom is 0.266 e. The molecule has 0 aliphatic heterocycles. The zero-order chi connectivity index (χ0) is 15.5. The lowest BCUT2D eigenvalue weighted by atomic mass is 10.3. The molecule has 0 spiro atoms. The Hall–Kier alpha value is -0.580. The molecule has 0 amide bonds. The first-order valence-corrected chi connectivity index (χ1v) is 9.55. The summed E-state index contributed by atoms with van der Waals surface area (Å²) in [6, 6.07) is 8.61. The van der Waals surface area contributed by atoms with Crippen LogP contribution < -0.4 is 10.0 Å². The van der Waals surface area contributed by atoms with Gasteiger partial charge in [0.2, 0.25) is 0 Å². The van der Waals surface area contributed by atoms with Crippen LogP contribution in [0.25, 0.3) is 0 Å². The van der Waals surface area contributed by atoms with Gasteiger partial charge in [-0.25, -0.2) is 8.42 Å². The Kier molecular flexibility index (Phi) is 5.69. The lowest BCUT2D eigenvalue weighted by molar-refractivity contribution is 0.464. The van der Waals surface area contributed by atoms with Gasteiger partial charge in [-0.2, -0.15) is 0 Å². The van der Waals surface area contributed by atoms with E-state index in [9.17, 15) is 8.42 Å². The highest BCUT2D eigenvalue weighted by Gasteiger charge is 2.22. The summed E-state index contributed by atoms with van der Waals surface area (Å²) in [6.45, 7) is 3.23. The molecule has 0 unspecified atom stereocenters. The van der Waals surface area contributed by atoms with Crippen LogP contribution in [-0.4, -0.2) is 15.0 Å². The molecule has 2 N–H and O–H groups in total. The van der Waals surface area contributed by atoms with E-state index in [0.717, 1.165) is 10.1 Å². The molecular formula is C13H14BrIN2O3S. The smallest absolute Gasteiger partial charge is 0.266 e. The van der Waals surface area contributed by atoms with Gasteiger partial charge < -0.3 is 9.73 Å². The molecule has 0 fully saturated rings. The quantitative estimate of drug-likeness (QED) is 0.615. The molecule has 0 radical (unpaired) electrons. The normalized spacial score (nSPS) is 11.6. The van der Waals surface area contributed by atoms with Crippen molar-refractivity contribution in [2.45, 2.75) is 18.4 Å². The van der Waals surface area contributed by atoms with E-state index in [2.05, 4.69) is 48.6 Å². The predicted octanol–water partition coefficient (Wildman–Crippen LogP) is 3.56. The number of hydrogen-bond acceptors (Lipinski definition) is 4. The van der Waals surface area contributed by atoms with Crippen LogP contribution in [0.2, 0.25) is 0 Å². The van der Waals surface area contributed by atoms with Gasteiger partial charge in [0.25, 0.3) is 10.0 Å². The molecule has 2 rings (SSSR count). The first-order valence-electron chi connectivity index (χ1n) is 6.19. The van der Waals surface area contributed by atoms with Gasteiger partial charge in [0.15, 0.2) is 4.67 Å². The Morgan fingerprint density at radius 2 is 1.95 bits per heavy atom. The lowest BCUT2D eigenvalue weighted by Crippen LogP contribution is -2.13. The van der Waals surface area contributed by atoms with E-state index in [4.69, 9.17) is 4.42 Å². The number of benzene rings is 1. The maximum atomic E-state index is 12.4. The minimum absolute atomic E-state index is 0.0916. The summed E-state index contributed by atoms with van der Waals surface area (Å²) < 4.78 is 33.9. The third kappa shape index (κ3) is 4.44. The molecule has 0 saturated carbocycles. The molecule has 0 atom stereocenters. The third-order valence-corrected chi connectivity index (χ3v) is 5.60. The van der Waals surface area contributed by atoms with Crippen molar-refractivity contribution in [2.24, 2.45) is 0 Å².